The topological polar surface area (TPSA) is 131 Å². The fourth-order valence-electron chi connectivity index (χ4n) is 4.53. The summed E-state index contributed by atoms with van der Waals surface area (Å²) < 4.78 is 11.1. The SMILES string of the molecule is Cc1c(-c2noc(-c3cnc(OC(C)C)c(Cl)c3)n2)ccc2c1CCN(C(=O)C(NC(=O)O)C(C)(C)C)C2. The summed E-state index contributed by atoms with van der Waals surface area (Å²) in [4.78, 5) is 35.1. The molecule has 1 aliphatic rings. The number of halogens is 1. The lowest BCUT2D eigenvalue weighted by atomic mass is 9.85. The predicted octanol–water partition coefficient (Wildman–Crippen LogP) is 5.11. The maximum absolute atomic E-state index is 13.2. The van der Waals surface area contributed by atoms with Crippen LogP contribution in [-0.4, -0.2) is 55.8 Å². The molecule has 1 atom stereocenters. The van der Waals surface area contributed by atoms with Gasteiger partial charge < -0.3 is 24.6 Å². The maximum atomic E-state index is 13.2. The van der Waals surface area contributed by atoms with Crippen LogP contribution < -0.4 is 10.1 Å². The first-order chi connectivity index (χ1) is 17.8. The molecule has 3 aromatic rings. The van der Waals surface area contributed by atoms with Crippen molar-refractivity contribution in [2.75, 3.05) is 6.54 Å². The third-order valence-electron chi connectivity index (χ3n) is 6.45. The van der Waals surface area contributed by atoms with Gasteiger partial charge in [-0.05, 0) is 55.4 Å². The molecule has 11 heteroatoms. The summed E-state index contributed by atoms with van der Waals surface area (Å²) in [6, 6.07) is 4.71. The number of fused-ring (bicyclic) bond motifs is 1. The average molecular weight is 542 g/mol. The molecule has 3 heterocycles. The van der Waals surface area contributed by atoms with Gasteiger partial charge in [0.1, 0.15) is 11.1 Å². The number of nitrogens with one attached hydrogen (secondary N) is 1. The molecule has 2 amide bonds. The zero-order chi connectivity index (χ0) is 27.8. The Hall–Kier alpha value is -3.66. The molecule has 2 N–H and O–H groups in total. The smallest absolute Gasteiger partial charge is 0.405 e. The molecule has 4 rings (SSSR count). The fraction of sp³-hybridized carbons (Fsp3) is 0.444. The third-order valence-corrected chi connectivity index (χ3v) is 6.72. The lowest BCUT2D eigenvalue weighted by Crippen LogP contribution is -2.55. The number of carbonyl (C=O) groups is 2. The standard InChI is InChI=1S/C27H32ClN5O5/c1-14(2)37-24-20(28)11-17(12-29-24)23-31-22(32-38-23)19-8-7-16-13-33(10-9-18(16)15(19)3)25(34)21(27(4,5)6)30-26(35)36/h7-8,11-12,14,21,30H,9-10,13H2,1-6H3,(H,35,36). The van der Waals surface area contributed by atoms with Gasteiger partial charge in [-0.25, -0.2) is 9.78 Å². The fourth-order valence-corrected chi connectivity index (χ4v) is 4.74. The second kappa shape index (κ2) is 10.6. The number of nitrogens with zero attached hydrogens (tertiary/aromatic N) is 4. The number of carboxylic acid groups (broad SMARTS) is 1. The summed E-state index contributed by atoms with van der Waals surface area (Å²) in [6.07, 6.45) is 0.940. The second-order valence-corrected chi connectivity index (χ2v) is 11.1. The summed E-state index contributed by atoms with van der Waals surface area (Å²) in [7, 11) is 0. The van der Waals surface area contributed by atoms with Crippen molar-refractivity contribution in [3.63, 3.8) is 0 Å². The first-order valence-electron chi connectivity index (χ1n) is 12.4. The van der Waals surface area contributed by atoms with Crippen molar-refractivity contribution in [3.8, 4) is 28.7 Å². The van der Waals surface area contributed by atoms with E-state index in [0.29, 0.717) is 47.7 Å². The number of aromatic nitrogens is 3. The largest absolute Gasteiger partial charge is 0.474 e. The lowest BCUT2D eigenvalue weighted by Gasteiger charge is -2.37. The quantitative estimate of drug-likeness (QED) is 0.440. The summed E-state index contributed by atoms with van der Waals surface area (Å²) in [5.74, 6) is 0.845. The summed E-state index contributed by atoms with van der Waals surface area (Å²) in [5.41, 5.74) is 3.99. The highest BCUT2D eigenvalue weighted by Gasteiger charge is 2.37. The van der Waals surface area contributed by atoms with Crippen LogP contribution in [0, 0.1) is 12.3 Å². The molecule has 0 aliphatic carbocycles. The summed E-state index contributed by atoms with van der Waals surface area (Å²) >= 11 is 6.32. The van der Waals surface area contributed by atoms with Crippen LogP contribution in [0.5, 0.6) is 5.88 Å². The number of hydrogen-bond donors (Lipinski definition) is 2. The molecular formula is C27H32ClN5O5. The van der Waals surface area contributed by atoms with Crippen molar-refractivity contribution in [2.45, 2.75) is 66.7 Å². The molecule has 0 saturated carbocycles. The van der Waals surface area contributed by atoms with Crippen LogP contribution in [-0.2, 0) is 17.8 Å². The van der Waals surface area contributed by atoms with Crippen LogP contribution in [0.25, 0.3) is 22.8 Å². The zero-order valence-electron chi connectivity index (χ0n) is 22.3. The minimum atomic E-state index is -1.21. The highest BCUT2D eigenvalue weighted by Crippen LogP contribution is 2.33. The van der Waals surface area contributed by atoms with E-state index in [4.69, 9.17) is 20.9 Å². The van der Waals surface area contributed by atoms with Gasteiger partial charge >= 0.3 is 6.09 Å². The van der Waals surface area contributed by atoms with Crippen LogP contribution in [0.4, 0.5) is 4.79 Å². The molecule has 1 aromatic carbocycles. The average Bonchev–Trinajstić information content (AvgIpc) is 3.32. The lowest BCUT2D eigenvalue weighted by molar-refractivity contribution is -0.136. The molecule has 0 saturated heterocycles. The Morgan fingerprint density at radius 1 is 1.26 bits per heavy atom. The number of rotatable bonds is 6. The van der Waals surface area contributed by atoms with Crippen molar-refractivity contribution >= 4 is 23.6 Å². The Morgan fingerprint density at radius 3 is 2.63 bits per heavy atom. The third kappa shape index (κ3) is 5.75. The monoisotopic (exact) mass is 541 g/mol. The minimum Gasteiger partial charge on any atom is -0.474 e. The molecule has 0 bridgehead atoms. The van der Waals surface area contributed by atoms with Gasteiger partial charge in [0.15, 0.2) is 0 Å². The van der Waals surface area contributed by atoms with E-state index in [1.807, 2.05) is 53.7 Å². The van der Waals surface area contributed by atoms with Crippen LogP contribution in [0.1, 0.15) is 51.3 Å². The maximum Gasteiger partial charge on any atom is 0.405 e. The van der Waals surface area contributed by atoms with Gasteiger partial charge in [-0.1, -0.05) is 49.7 Å². The van der Waals surface area contributed by atoms with E-state index in [2.05, 4.69) is 20.4 Å². The molecule has 38 heavy (non-hydrogen) atoms. The van der Waals surface area contributed by atoms with Gasteiger partial charge in [0.05, 0.1) is 11.7 Å². The number of pyridine rings is 1. The van der Waals surface area contributed by atoms with Gasteiger partial charge in [0.2, 0.25) is 17.6 Å². The molecule has 0 fully saturated rings. The molecule has 0 spiro atoms. The Labute approximate surface area is 226 Å². The molecule has 0 radical (unpaired) electrons. The van der Waals surface area contributed by atoms with E-state index < -0.39 is 17.6 Å². The minimum absolute atomic E-state index is 0.0561. The van der Waals surface area contributed by atoms with Gasteiger partial charge in [-0.2, -0.15) is 4.98 Å². The Morgan fingerprint density at radius 2 is 2.00 bits per heavy atom. The normalized spacial score (nSPS) is 14.3. The molecule has 2 aromatic heterocycles. The first kappa shape index (κ1) is 27.4. The van der Waals surface area contributed by atoms with Crippen molar-refractivity contribution < 1.29 is 24.0 Å². The first-order valence-corrected chi connectivity index (χ1v) is 12.8. The van der Waals surface area contributed by atoms with Gasteiger partial charge in [-0.15, -0.1) is 0 Å². The van der Waals surface area contributed by atoms with Gasteiger partial charge in [0, 0.05) is 24.8 Å². The Kier molecular flexibility index (Phi) is 7.64. The molecule has 1 unspecified atom stereocenters. The zero-order valence-corrected chi connectivity index (χ0v) is 23.1. The van der Waals surface area contributed by atoms with Gasteiger partial charge in [0.25, 0.3) is 5.89 Å². The molecule has 1 aliphatic heterocycles. The number of benzene rings is 1. The van der Waals surface area contributed by atoms with Crippen LogP contribution in [0.2, 0.25) is 5.02 Å². The van der Waals surface area contributed by atoms with E-state index in [9.17, 15) is 14.7 Å². The Balaban J connectivity index is 1.55. The van der Waals surface area contributed by atoms with Crippen LogP contribution in [0.3, 0.4) is 0 Å². The molecule has 202 valence electrons. The molecular weight excluding hydrogens is 510 g/mol. The Bertz CT molecular complexity index is 1360. The highest BCUT2D eigenvalue weighted by molar-refractivity contribution is 6.32. The summed E-state index contributed by atoms with van der Waals surface area (Å²) in [5, 5.41) is 16.2. The number of ether oxygens (including phenoxy) is 1. The molecule has 10 nitrogen and oxygen atoms in total. The number of hydrogen-bond acceptors (Lipinski definition) is 7. The highest BCUT2D eigenvalue weighted by atomic mass is 35.5. The van der Waals surface area contributed by atoms with E-state index in [1.54, 1.807) is 17.2 Å². The van der Waals surface area contributed by atoms with E-state index in [-0.39, 0.29) is 12.0 Å². The van der Waals surface area contributed by atoms with Crippen LogP contribution in [0.15, 0.2) is 28.9 Å². The number of carbonyl (C=O) groups excluding carboxylic acids is 1. The van der Waals surface area contributed by atoms with E-state index >= 15 is 0 Å². The van der Waals surface area contributed by atoms with Crippen LogP contribution >= 0.6 is 11.6 Å². The van der Waals surface area contributed by atoms with Gasteiger partial charge in [-0.3, -0.25) is 4.79 Å². The van der Waals surface area contributed by atoms with E-state index in [1.165, 1.54) is 0 Å². The van der Waals surface area contributed by atoms with Crippen molar-refractivity contribution in [2.24, 2.45) is 5.41 Å². The number of amides is 2. The second-order valence-electron chi connectivity index (χ2n) is 10.7. The van der Waals surface area contributed by atoms with Crippen molar-refractivity contribution in [1.29, 1.82) is 0 Å². The van der Waals surface area contributed by atoms with Crippen molar-refractivity contribution in [3.05, 3.63) is 46.1 Å². The van der Waals surface area contributed by atoms with Crippen molar-refractivity contribution in [1.82, 2.24) is 25.3 Å². The summed E-state index contributed by atoms with van der Waals surface area (Å²) in [6.45, 7) is 12.2. The predicted molar refractivity (Wildman–Crippen MR) is 142 cm³/mol. The van der Waals surface area contributed by atoms with E-state index in [0.717, 1.165) is 22.3 Å².